The van der Waals surface area contributed by atoms with E-state index in [1.165, 1.54) is 10.9 Å². The minimum absolute atomic E-state index is 0.233. The molecule has 0 saturated heterocycles. The van der Waals surface area contributed by atoms with Gasteiger partial charge in [-0.15, -0.1) is 0 Å². The third-order valence-corrected chi connectivity index (χ3v) is 4.38. The van der Waals surface area contributed by atoms with E-state index in [0.29, 0.717) is 23.2 Å². The monoisotopic (exact) mass is 365 g/mol. The number of para-hydroxylation sites is 1. The van der Waals surface area contributed by atoms with Gasteiger partial charge in [0.1, 0.15) is 11.8 Å². The van der Waals surface area contributed by atoms with Crippen LogP contribution in [0, 0.1) is 0 Å². The second kappa shape index (κ2) is 8.49. The Morgan fingerprint density at radius 1 is 1.19 bits per heavy atom. The van der Waals surface area contributed by atoms with Crippen LogP contribution in [0.25, 0.3) is 10.9 Å². The van der Waals surface area contributed by atoms with Crippen molar-refractivity contribution in [3.05, 3.63) is 65.2 Å². The summed E-state index contributed by atoms with van der Waals surface area (Å²) in [5.74, 6) is 0.485. The third-order valence-electron chi connectivity index (χ3n) is 4.38. The Morgan fingerprint density at radius 2 is 1.93 bits per heavy atom. The van der Waals surface area contributed by atoms with Crippen LogP contribution in [0.1, 0.15) is 32.7 Å². The Balaban J connectivity index is 1.71. The van der Waals surface area contributed by atoms with E-state index in [1.54, 1.807) is 37.3 Å². The van der Waals surface area contributed by atoms with Gasteiger partial charge in [-0.3, -0.25) is 14.2 Å². The lowest BCUT2D eigenvalue weighted by atomic mass is 10.2. The zero-order valence-corrected chi connectivity index (χ0v) is 15.5. The Hall–Kier alpha value is -3.15. The zero-order chi connectivity index (χ0) is 19.2. The molecule has 0 aliphatic carbocycles. The molecule has 1 atom stereocenters. The maximum atomic E-state index is 12.6. The number of benzene rings is 2. The summed E-state index contributed by atoms with van der Waals surface area (Å²) in [4.78, 5) is 29.5. The highest BCUT2D eigenvalue weighted by Crippen LogP contribution is 2.17. The highest BCUT2D eigenvalue weighted by atomic mass is 16.5. The third kappa shape index (κ3) is 4.34. The number of hydrogen-bond donors (Lipinski definition) is 1. The van der Waals surface area contributed by atoms with E-state index < -0.39 is 6.04 Å². The molecule has 0 spiro atoms. The summed E-state index contributed by atoms with van der Waals surface area (Å²) >= 11 is 0. The van der Waals surface area contributed by atoms with E-state index in [9.17, 15) is 9.59 Å². The van der Waals surface area contributed by atoms with E-state index in [4.69, 9.17) is 4.74 Å². The van der Waals surface area contributed by atoms with Crippen LogP contribution < -0.4 is 15.6 Å². The van der Waals surface area contributed by atoms with Gasteiger partial charge in [-0.05, 0) is 49.7 Å². The second-order valence-corrected chi connectivity index (χ2v) is 6.37. The molecule has 6 heteroatoms. The molecule has 0 bridgehead atoms. The fourth-order valence-corrected chi connectivity index (χ4v) is 2.70. The van der Waals surface area contributed by atoms with Gasteiger partial charge in [0.05, 0.1) is 23.8 Å². The summed E-state index contributed by atoms with van der Waals surface area (Å²) in [7, 11) is 0. The van der Waals surface area contributed by atoms with Crippen molar-refractivity contribution >= 4 is 22.5 Å². The van der Waals surface area contributed by atoms with Crippen molar-refractivity contribution in [2.75, 3.05) is 11.9 Å². The Labute approximate surface area is 157 Å². The molecule has 0 fully saturated rings. The minimum Gasteiger partial charge on any atom is -0.494 e. The number of fused-ring (bicyclic) bond motifs is 1. The number of amides is 1. The molecule has 0 aliphatic heterocycles. The van der Waals surface area contributed by atoms with E-state index >= 15 is 0 Å². The molecule has 1 amide bonds. The number of ether oxygens (including phenoxy) is 1. The van der Waals surface area contributed by atoms with E-state index in [2.05, 4.69) is 17.2 Å². The highest BCUT2D eigenvalue weighted by molar-refractivity contribution is 5.93. The lowest BCUT2D eigenvalue weighted by molar-refractivity contribution is -0.118. The number of rotatable bonds is 7. The number of anilines is 1. The molecule has 3 aromatic rings. The topological polar surface area (TPSA) is 73.2 Å². The van der Waals surface area contributed by atoms with Crippen LogP contribution in [0.4, 0.5) is 5.69 Å². The molecule has 0 aliphatic rings. The normalized spacial score (nSPS) is 11.9. The van der Waals surface area contributed by atoms with Crippen LogP contribution in [0.3, 0.4) is 0 Å². The van der Waals surface area contributed by atoms with Gasteiger partial charge in [-0.25, -0.2) is 4.98 Å². The number of aromatic nitrogens is 2. The van der Waals surface area contributed by atoms with E-state index in [0.717, 1.165) is 18.6 Å². The van der Waals surface area contributed by atoms with Crippen LogP contribution in [-0.2, 0) is 4.79 Å². The second-order valence-electron chi connectivity index (χ2n) is 6.37. The predicted octanol–water partition coefficient (Wildman–Crippen LogP) is 3.78. The maximum absolute atomic E-state index is 12.6. The summed E-state index contributed by atoms with van der Waals surface area (Å²) in [5, 5.41) is 3.32. The SMILES string of the molecule is CCCCOc1ccc(NC(=O)C(C)n2cnc3ccccc3c2=O)cc1. The number of carbonyl (C=O) groups excluding carboxylic acids is 1. The van der Waals surface area contributed by atoms with Crippen molar-refractivity contribution < 1.29 is 9.53 Å². The molecule has 2 aromatic carbocycles. The van der Waals surface area contributed by atoms with Gasteiger partial charge in [0.2, 0.25) is 5.91 Å². The summed E-state index contributed by atoms with van der Waals surface area (Å²) < 4.78 is 6.96. The van der Waals surface area contributed by atoms with Gasteiger partial charge in [0.15, 0.2) is 0 Å². The zero-order valence-electron chi connectivity index (χ0n) is 15.5. The van der Waals surface area contributed by atoms with Crippen molar-refractivity contribution in [2.45, 2.75) is 32.7 Å². The van der Waals surface area contributed by atoms with Gasteiger partial charge in [0.25, 0.3) is 5.56 Å². The molecule has 0 saturated carbocycles. The van der Waals surface area contributed by atoms with Crippen molar-refractivity contribution in [3.63, 3.8) is 0 Å². The van der Waals surface area contributed by atoms with Crippen LogP contribution in [0.5, 0.6) is 5.75 Å². The Kier molecular flexibility index (Phi) is 5.86. The number of hydrogen-bond acceptors (Lipinski definition) is 4. The molecule has 1 unspecified atom stereocenters. The maximum Gasteiger partial charge on any atom is 0.261 e. The molecule has 1 heterocycles. The standard InChI is InChI=1S/C21H23N3O3/c1-3-4-13-27-17-11-9-16(10-12-17)23-20(25)15(2)24-14-22-19-8-6-5-7-18(19)21(24)26/h5-12,14-15H,3-4,13H2,1-2H3,(H,23,25). The summed E-state index contributed by atoms with van der Waals surface area (Å²) in [6.45, 7) is 4.46. The molecule has 0 radical (unpaired) electrons. The van der Waals surface area contributed by atoms with Gasteiger partial charge < -0.3 is 10.1 Å². The summed E-state index contributed by atoms with van der Waals surface area (Å²) in [6.07, 6.45) is 3.50. The highest BCUT2D eigenvalue weighted by Gasteiger charge is 2.17. The predicted molar refractivity (Wildman–Crippen MR) is 106 cm³/mol. The van der Waals surface area contributed by atoms with Crippen LogP contribution in [0.2, 0.25) is 0 Å². The summed E-state index contributed by atoms with van der Waals surface area (Å²) in [5.41, 5.74) is 1.03. The summed E-state index contributed by atoms with van der Waals surface area (Å²) in [6, 6.07) is 13.6. The lowest BCUT2D eigenvalue weighted by Gasteiger charge is -2.15. The van der Waals surface area contributed by atoms with Gasteiger partial charge in [0, 0.05) is 5.69 Å². The van der Waals surface area contributed by atoms with Crippen LogP contribution >= 0.6 is 0 Å². The average molecular weight is 365 g/mol. The Bertz CT molecular complexity index is 980. The van der Waals surface area contributed by atoms with E-state index in [-0.39, 0.29) is 11.5 Å². The quantitative estimate of drug-likeness (QED) is 0.647. The number of unbranched alkanes of at least 4 members (excludes halogenated alkanes) is 1. The van der Waals surface area contributed by atoms with Gasteiger partial charge in [-0.2, -0.15) is 0 Å². The first kappa shape index (κ1) is 18.6. The largest absolute Gasteiger partial charge is 0.494 e. The molecule has 140 valence electrons. The first-order valence-electron chi connectivity index (χ1n) is 9.09. The minimum atomic E-state index is -0.685. The number of nitrogens with zero attached hydrogens (tertiary/aromatic N) is 2. The molecular formula is C21H23N3O3. The van der Waals surface area contributed by atoms with Crippen molar-refractivity contribution in [3.8, 4) is 5.75 Å². The smallest absolute Gasteiger partial charge is 0.261 e. The lowest BCUT2D eigenvalue weighted by Crippen LogP contribution is -2.31. The van der Waals surface area contributed by atoms with Gasteiger partial charge >= 0.3 is 0 Å². The number of carbonyl (C=O) groups is 1. The average Bonchev–Trinajstić information content (AvgIpc) is 2.69. The van der Waals surface area contributed by atoms with Crippen LogP contribution in [-0.4, -0.2) is 22.1 Å². The van der Waals surface area contributed by atoms with Crippen LogP contribution in [0.15, 0.2) is 59.7 Å². The fraction of sp³-hybridized carbons (Fsp3) is 0.286. The number of nitrogens with one attached hydrogen (secondary N) is 1. The fourth-order valence-electron chi connectivity index (χ4n) is 2.70. The van der Waals surface area contributed by atoms with Crippen molar-refractivity contribution in [1.29, 1.82) is 0 Å². The molecule has 6 nitrogen and oxygen atoms in total. The van der Waals surface area contributed by atoms with Gasteiger partial charge in [-0.1, -0.05) is 25.5 Å². The van der Waals surface area contributed by atoms with Crippen molar-refractivity contribution in [1.82, 2.24) is 9.55 Å². The van der Waals surface area contributed by atoms with E-state index in [1.807, 2.05) is 18.2 Å². The molecular weight excluding hydrogens is 342 g/mol. The molecule has 1 N–H and O–H groups in total. The molecule has 1 aromatic heterocycles. The van der Waals surface area contributed by atoms with Crippen molar-refractivity contribution in [2.24, 2.45) is 0 Å². The first-order valence-corrected chi connectivity index (χ1v) is 9.09. The Morgan fingerprint density at radius 3 is 2.67 bits per heavy atom. The molecule has 27 heavy (non-hydrogen) atoms. The first-order chi connectivity index (χ1) is 13.1. The molecule has 3 rings (SSSR count).